The molecule has 5 heteroatoms. The Bertz CT molecular complexity index is 604. The Balaban J connectivity index is 2.15. The van der Waals surface area contributed by atoms with Crippen LogP contribution in [-0.4, -0.2) is 9.97 Å². The molecule has 4 nitrogen and oxygen atoms in total. The molecule has 1 aromatic heterocycles. The molecule has 0 fully saturated rings. The monoisotopic (exact) mass is 258 g/mol. The summed E-state index contributed by atoms with van der Waals surface area (Å²) >= 11 is 5.91. The van der Waals surface area contributed by atoms with Gasteiger partial charge in [0.15, 0.2) is 0 Å². The van der Waals surface area contributed by atoms with E-state index in [0.717, 1.165) is 11.5 Å². The van der Waals surface area contributed by atoms with Crippen LogP contribution in [0.1, 0.15) is 17.1 Å². The predicted octanol–water partition coefficient (Wildman–Crippen LogP) is 2.92. The third-order valence-corrected chi connectivity index (χ3v) is 2.63. The van der Waals surface area contributed by atoms with Crippen molar-refractivity contribution in [3.8, 4) is 6.07 Å². The highest BCUT2D eigenvalue weighted by atomic mass is 35.5. The van der Waals surface area contributed by atoms with Crippen LogP contribution in [0.2, 0.25) is 5.02 Å². The molecule has 0 unspecified atom stereocenters. The molecule has 0 aliphatic carbocycles. The van der Waals surface area contributed by atoms with Crippen molar-refractivity contribution in [1.29, 1.82) is 5.26 Å². The number of aromatic nitrogens is 2. The van der Waals surface area contributed by atoms with Gasteiger partial charge in [-0.05, 0) is 31.2 Å². The maximum Gasteiger partial charge on any atom is 0.125 e. The van der Waals surface area contributed by atoms with E-state index in [1.807, 2.05) is 13.0 Å². The zero-order valence-electron chi connectivity index (χ0n) is 9.81. The predicted molar refractivity (Wildman–Crippen MR) is 70.3 cm³/mol. The van der Waals surface area contributed by atoms with Crippen LogP contribution >= 0.6 is 11.6 Å². The molecular weight excluding hydrogens is 248 g/mol. The normalized spacial score (nSPS) is 9.83. The van der Waals surface area contributed by atoms with Gasteiger partial charge in [-0.3, -0.25) is 0 Å². The second-order valence-electron chi connectivity index (χ2n) is 3.75. The van der Waals surface area contributed by atoms with Gasteiger partial charge in [0.05, 0.1) is 23.5 Å². The smallest absolute Gasteiger partial charge is 0.125 e. The first kappa shape index (κ1) is 12.3. The van der Waals surface area contributed by atoms with Gasteiger partial charge in [0.2, 0.25) is 0 Å². The van der Waals surface area contributed by atoms with E-state index in [9.17, 15) is 0 Å². The molecule has 1 heterocycles. The molecule has 18 heavy (non-hydrogen) atoms. The van der Waals surface area contributed by atoms with E-state index < -0.39 is 0 Å². The number of benzene rings is 1. The average Bonchev–Trinajstić information content (AvgIpc) is 2.37. The zero-order chi connectivity index (χ0) is 13.0. The lowest BCUT2D eigenvalue weighted by Crippen LogP contribution is -2.04. The summed E-state index contributed by atoms with van der Waals surface area (Å²) in [6.45, 7) is 2.36. The molecule has 1 N–H and O–H groups in total. The van der Waals surface area contributed by atoms with E-state index in [1.165, 1.54) is 0 Å². The Morgan fingerprint density at radius 2 is 2.22 bits per heavy atom. The number of nitrogens with one attached hydrogen (secondary N) is 1. The number of nitrogens with zero attached hydrogens (tertiary/aromatic N) is 3. The summed E-state index contributed by atoms with van der Waals surface area (Å²) in [5.74, 6) is 0.723. The summed E-state index contributed by atoms with van der Waals surface area (Å²) in [6, 6.07) is 9.06. The molecule has 0 saturated heterocycles. The largest absolute Gasteiger partial charge is 0.378 e. The van der Waals surface area contributed by atoms with Gasteiger partial charge in [-0.25, -0.2) is 9.97 Å². The molecule has 2 rings (SSSR count). The fourth-order valence-electron chi connectivity index (χ4n) is 1.55. The van der Waals surface area contributed by atoms with Crippen molar-refractivity contribution in [2.45, 2.75) is 13.5 Å². The third kappa shape index (κ3) is 2.96. The zero-order valence-corrected chi connectivity index (χ0v) is 10.6. The van der Waals surface area contributed by atoms with Crippen LogP contribution < -0.4 is 5.32 Å². The van der Waals surface area contributed by atoms with Gasteiger partial charge in [-0.1, -0.05) is 11.6 Å². The molecule has 1 aromatic carbocycles. The Morgan fingerprint density at radius 1 is 1.39 bits per heavy atom. The molecule has 0 atom stereocenters. The van der Waals surface area contributed by atoms with Crippen molar-refractivity contribution in [1.82, 2.24) is 9.97 Å². The second kappa shape index (κ2) is 5.48. The fraction of sp³-hybridized carbons (Fsp3) is 0.154. The van der Waals surface area contributed by atoms with E-state index in [1.54, 1.807) is 24.4 Å². The van der Waals surface area contributed by atoms with Crippen molar-refractivity contribution in [3.63, 3.8) is 0 Å². The van der Waals surface area contributed by atoms with Crippen molar-refractivity contribution < 1.29 is 0 Å². The molecule has 0 amide bonds. The molecule has 0 aliphatic heterocycles. The van der Waals surface area contributed by atoms with Crippen molar-refractivity contribution in [3.05, 3.63) is 52.6 Å². The second-order valence-corrected chi connectivity index (χ2v) is 4.19. The number of hydrogen-bond donors (Lipinski definition) is 1. The molecule has 0 saturated carbocycles. The summed E-state index contributed by atoms with van der Waals surface area (Å²) in [6.07, 6.45) is 1.71. The van der Waals surface area contributed by atoms with E-state index >= 15 is 0 Å². The summed E-state index contributed by atoms with van der Waals surface area (Å²) in [5.41, 5.74) is 2.14. The number of hydrogen-bond acceptors (Lipinski definition) is 4. The summed E-state index contributed by atoms with van der Waals surface area (Å²) in [7, 11) is 0. The first-order valence-electron chi connectivity index (χ1n) is 5.41. The summed E-state index contributed by atoms with van der Waals surface area (Å²) in [5, 5.41) is 12.7. The van der Waals surface area contributed by atoms with Crippen LogP contribution in [0.15, 0.2) is 30.5 Å². The van der Waals surface area contributed by atoms with Gasteiger partial charge in [-0.2, -0.15) is 5.26 Å². The molecule has 0 spiro atoms. The van der Waals surface area contributed by atoms with Crippen LogP contribution in [0.5, 0.6) is 0 Å². The van der Waals surface area contributed by atoms with Gasteiger partial charge in [0.1, 0.15) is 11.9 Å². The lowest BCUT2D eigenvalue weighted by molar-refractivity contribution is 0.955. The highest BCUT2D eigenvalue weighted by Crippen LogP contribution is 2.20. The van der Waals surface area contributed by atoms with Crippen LogP contribution in [0.3, 0.4) is 0 Å². The average molecular weight is 259 g/mol. The van der Waals surface area contributed by atoms with Crippen molar-refractivity contribution >= 4 is 17.3 Å². The molecule has 2 aromatic rings. The maximum absolute atomic E-state index is 8.99. The topological polar surface area (TPSA) is 61.6 Å². The van der Waals surface area contributed by atoms with Gasteiger partial charge >= 0.3 is 0 Å². The van der Waals surface area contributed by atoms with E-state index in [4.69, 9.17) is 16.9 Å². The Kier molecular flexibility index (Phi) is 3.75. The first-order chi connectivity index (χ1) is 8.69. The van der Waals surface area contributed by atoms with Crippen LogP contribution in [0.25, 0.3) is 0 Å². The number of halogens is 1. The molecule has 0 aliphatic rings. The van der Waals surface area contributed by atoms with Crippen molar-refractivity contribution in [2.75, 3.05) is 5.32 Å². The first-order valence-corrected chi connectivity index (χ1v) is 5.79. The molecule has 0 bridgehead atoms. The number of nitriles is 1. The minimum atomic E-state index is 0.526. The minimum absolute atomic E-state index is 0.526. The molecule has 0 radical (unpaired) electrons. The highest BCUT2D eigenvalue weighted by molar-refractivity contribution is 6.30. The standard InChI is InChI=1S/C13H11ClN4/c1-9-16-5-4-12(18-9)8-17-13-6-11(14)3-2-10(13)7-15/h2-6,17H,8H2,1H3. The lowest BCUT2D eigenvalue weighted by Gasteiger charge is -2.08. The van der Waals surface area contributed by atoms with Gasteiger partial charge in [-0.15, -0.1) is 0 Å². The summed E-state index contributed by atoms with van der Waals surface area (Å²) < 4.78 is 0. The molecular formula is C13H11ClN4. The lowest BCUT2D eigenvalue weighted by atomic mass is 10.2. The van der Waals surface area contributed by atoms with Crippen LogP contribution in [0.4, 0.5) is 5.69 Å². The third-order valence-electron chi connectivity index (χ3n) is 2.40. The Hall–Kier alpha value is -2.12. The quantitative estimate of drug-likeness (QED) is 0.920. The minimum Gasteiger partial charge on any atom is -0.378 e. The SMILES string of the molecule is Cc1nccc(CNc2cc(Cl)ccc2C#N)n1. The summed E-state index contributed by atoms with van der Waals surface area (Å²) in [4.78, 5) is 8.31. The van der Waals surface area contributed by atoms with Gasteiger partial charge in [0, 0.05) is 11.2 Å². The Morgan fingerprint density at radius 3 is 2.94 bits per heavy atom. The molecule has 90 valence electrons. The van der Waals surface area contributed by atoms with Crippen LogP contribution in [0, 0.1) is 18.3 Å². The van der Waals surface area contributed by atoms with Gasteiger partial charge < -0.3 is 5.32 Å². The maximum atomic E-state index is 8.99. The van der Waals surface area contributed by atoms with Crippen molar-refractivity contribution in [2.24, 2.45) is 0 Å². The number of rotatable bonds is 3. The Labute approximate surface area is 110 Å². The van der Waals surface area contributed by atoms with E-state index in [-0.39, 0.29) is 0 Å². The number of anilines is 1. The van der Waals surface area contributed by atoms with Crippen LogP contribution in [-0.2, 0) is 6.54 Å². The van der Waals surface area contributed by atoms with Gasteiger partial charge in [0.25, 0.3) is 0 Å². The van der Waals surface area contributed by atoms with E-state index in [0.29, 0.717) is 22.8 Å². The van der Waals surface area contributed by atoms with E-state index in [2.05, 4.69) is 21.4 Å². The fourth-order valence-corrected chi connectivity index (χ4v) is 1.72. The number of aryl methyl sites for hydroxylation is 1. The highest BCUT2D eigenvalue weighted by Gasteiger charge is 2.03.